The van der Waals surface area contributed by atoms with Crippen LogP contribution in [0.1, 0.15) is 20.8 Å². The fraction of sp³-hybridized carbons (Fsp3) is 0.417. The highest BCUT2D eigenvalue weighted by Gasteiger charge is 2.09. The molecule has 5 nitrogen and oxygen atoms in total. The minimum atomic E-state index is 0.533. The summed E-state index contributed by atoms with van der Waals surface area (Å²) in [6.45, 7) is 16.6. The van der Waals surface area contributed by atoms with Gasteiger partial charge in [0.1, 0.15) is 17.4 Å². The summed E-state index contributed by atoms with van der Waals surface area (Å²) in [6.07, 6.45) is 0. The van der Waals surface area contributed by atoms with Gasteiger partial charge in [-0.15, -0.1) is 0 Å². The maximum atomic E-state index is 5.31. The molecule has 0 radical (unpaired) electrons. The Labute approximate surface area is 104 Å². The Hall–Kier alpha value is -1.75. The lowest BCUT2D eigenvalue weighted by Gasteiger charge is -2.28. The molecule has 0 heterocycles. The lowest BCUT2D eigenvalue weighted by molar-refractivity contribution is -0.199. The van der Waals surface area contributed by atoms with E-state index in [2.05, 4.69) is 30.0 Å². The van der Waals surface area contributed by atoms with Gasteiger partial charge in [-0.3, -0.25) is 5.01 Å². The van der Waals surface area contributed by atoms with Gasteiger partial charge in [-0.1, -0.05) is 24.9 Å². The number of nitrogens with one attached hydrogen (secondary N) is 1. The Morgan fingerprint density at radius 2 is 1.65 bits per heavy atom. The Morgan fingerprint density at radius 1 is 1.12 bits per heavy atom. The molecule has 0 fully saturated rings. The van der Waals surface area contributed by atoms with Gasteiger partial charge in [0, 0.05) is 19.8 Å². The Balaban J connectivity index is 4.52. The zero-order valence-electron chi connectivity index (χ0n) is 11.4. The van der Waals surface area contributed by atoms with E-state index in [9.17, 15) is 0 Å². The molecule has 5 heteroatoms. The molecule has 0 aromatic rings. The first-order chi connectivity index (χ1) is 7.73. The fourth-order valence-electron chi connectivity index (χ4n) is 1.03. The van der Waals surface area contributed by atoms with Gasteiger partial charge in [0.2, 0.25) is 0 Å². The molecular weight excluding hydrogens is 216 g/mol. The van der Waals surface area contributed by atoms with Gasteiger partial charge in [0.25, 0.3) is 0 Å². The lowest BCUT2D eigenvalue weighted by Crippen LogP contribution is -2.39. The van der Waals surface area contributed by atoms with Gasteiger partial charge in [-0.25, -0.2) is 4.99 Å². The van der Waals surface area contributed by atoms with E-state index in [1.807, 2.05) is 20.9 Å². The maximum absolute atomic E-state index is 5.31. The molecule has 96 valence electrons. The predicted molar refractivity (Wildman–Crippen MR) is 71.6 cm³/mol. The summed E-state index contributed by atoms with van der Waals surface area (Å²) >= 11 is 0. The normalized spacial score (nSPS) is 11.1. The van der Waals surface area contributed by atoms with Crippen LogP contribution in [0.3, 0.4) is 0 Å². The van der Waals surface area contributed by atoms with Crippen LogP contribution in [0.15, 0.2) is 42.0 Å². The Kier molecular flexibility index (Phi) is 6.06. The first-order valence-electron chi connectivity index (χ1n) is 5.21. The van der Waals surface area contributed by atoms with Gasteiger partial charge in [0.05, 0.1) is 0 Å². The minimum absolute atomic E-state index is 0.533. The van der Waals surface area contributed by atoms with E-state index in [-0.39, 0.29) is 0 Å². The third-order valence-corrected chi connectivity index (χ3v) is 1.83. The van der Waals surface area contributed by atoms with E-state index in [1.165, 1.54) is 5.17 Å². The van der Waals surface area contributed by atoms with Gasteiger partial charge in [-0.05, 0) is 20.8 Å². The molecular formula is C12H22N4O. The first kappa shape index (κ1) is 15.2. The van der Waals surface area contributed by atoms with Crippen molar-refractivity contribution in [3.8, 4) is 0 Å². The van der Waals surface area contributed by atoms with E-state index in [4.69, 9.17) is 4.84 Å². The van der Waals surface area contributed by atoms with E-state index in [0.717, 1.165) is 11.5 Å². The molecule has 0 rings (SSSR count). The number of hydrogen-bond donors (Lipinski definition) is 1. The van der Waals surface area contributed by atoms with Crippen LogP contribution in [0.2, 0.25) is 0 Å². The van der Waals surface area contributed by atoms with Crippen LogP contribution in [0.4, 0.5) is 0 Å². The van der Waals surface area contributed by atoms with Crippen molar-refractivity contribution in [3.05, 3.63) is 37.0 Å². The molecule has 0 saturated heterocycles. The first-order valence-corrected chi connectivity index (χ1v) is 5.21. The van der Waals surface area contributed by atoms with Crippen LogP contribution in [0.25, 0.3) is 0 Å². The number of aliphatic imine (C=N–C) groups is 1. The Morgan fingerprint density at radius 3 is 2.06 bits per heavy atom. The summed E-state index contributed by atoms with van der Waals surface area (Å²) < 4.78 is 0. The molecule has 0 aliphatic rings. The molecule has 0 bridgehead atoms. The molecule has 0 aromatic heterocycles. The van der Waals surface area contributed by atoms with Crippen molar-refractivity contribution < 1.29 is 4.84 Å². The van der Waals surface area contributed by atoms with Crippen LogP contribution in [0.5, 0.6) is 0 Å². The van der Waals surface area contributed by atoms with Crippen LogP contribution < -0.4 is 5.32 Å². The summed E-state index contributed by atoms with van der Waals surface area (Å²) in [5.41, 5.74) is 0.792. The van der Waals surface area contributed by atoms with Crippen molar-refractivity contribution in [2.24, 2.45) is 4.99 Å². The zero-order valence-corrected chi connectivity index (χ0v) is 11.4. The third-order valence-electron chi connectivity index (χ3n) is 1.83. The fourth-order valence-corrected chi connectivity index (χ4v) is 1.03. The van der Waals surface area contributed by atoms with Gasteiger partial charge in [0.15, 0.2) is 0 Å². The quantitative estimate of drug-likeness (QED) is 0.333. The SMILES string of the molecule is C=C(C)NC(=C)N=C(C)N(C)N(C)OC(=C)C. The van der Waals surface area contributed by atoms with Crippen LogP contribution in [-0.2, 0) is 4.84 Å². The number of amidine groups is 1. The van der Waals surface area contributed by atoms with Gasteiger partial charge >= 0.3 is 0 Å². The molecule has 0 aromatic carbocycles. The monoisotopic (exact) mass is 238 g/mol. The average Bonchev–Trinajstić information content (AvgIpc) is 2.13. The van der Waals surface area contributed by atoms with Crippen molar-refractivity contribution >= 4 is 5.84 Å². The maximum Gasteiger partial charge on any atom is 0.124 e. The second-order valence-corrected chi connectivity index (χ2v) is 3.79. The molecule has 0 saturated carbocycles. The molecule has 0 spiro atoms. The van der Waals surface area contributed by atoms with Gasteiger partial charge in [-0.2, -0.15) is 0 Å². The zero-order chi connectivity index (χ0) is 13.6. The highest BCUT2D eigenvalue weighted by atomic mass is 16.7. The summed E-state index contributed by atoms with van der Waals surface area (Å²) in [6, 6.07) is 0. The van der Waals surface area contributed by atoms with E-state index in [1.54, 1.807) is 19.0 Å². The molecule has 0 atom stereocenters. The molecule has 17 heavy (non-hydrogen) atoms. The summed E-state index contributed by atoms with van der Waals surface area (Å²) in [4.78, 5) is 9.58. The Bertz CT molecular complexity index is 346. The predicted octanol–water partition coefficient (Wildman–Crippen LogP) is 2.24. The highest BCUT2D eigenvalue weighted by molar-refractivity contribution is 5.79. The molecule has 0 unspecified atom stereocenters. The average molecular weight is 238 g/mol. The number of allylic oxidation sites excluding steroid dienone is 2. The lowest BCUT2D eigenvalue weighted by atomic mass is 10.5. The van der Waals surface area contributed by atoms with Gasteiger partial charge < -0.3 is 10.2 Å². The molecule has 1 N–H and O–H groups in total. The molecule has 0 aliphatic heterocycles. The molecule has 0 aliphatic carbocycles. The number of hydroxylamine groups is 1. The summed E-state index contributed by atoms with van der Waals surface area (Å²) in [7, 11) is 3.60. The number of rotatable bonds is 6. The third kappa shape index (κ3) is 6.42. The van der Waals surface area contributed by atoms with Crippen LogP contribution in [0, 0.1) is 0 Å². The standard InChI is InChI=1S/C12H22N4O/c1-9(2)13-11(5)14-12(6)15(7)16(8)17-10(3)4/h13H,1,3,5H2,2,4,6-8H3. The smallest absolute Gasteiger partial charge is 0.124 e. The van der Waals surface area contributed by atoms with Crippen LogP contribution >= 0.6 is 0 Å². The number of hydrazine groups is 1. The van der Waals surface area contributed by atoms with Crippen molar-refractivity contribution in [1.82, 2.24) is 15.5 Å². The van der Waals surface area contributed by atoms with Crippen molar-refractivity contribution in [3.63, 3.8) is 0 Å². The summed E-state index contributed by atoms with van der Waals surface area (Å²) in [5, 5.41) is 6.20. The largest absolute Gasteiger partial charge is 0.392 e. The minimum Gasteiger partial charge on any atom is -0.392 e. The van der Waals surface area contributed by atoms with E-state index >= 15 is 0 Å². The van der Waals surface area contributed by atoms with Crippen molar-refractivity contribution in [2.75, 3.05) is 14.1 Å². The summed E-state index contributed by atoms with van der Waals surface area (Å²) in [5.74, 6) is 1.86. The highest BCUT2D eigenvalue weighted by Crippen LogP contribution is 2.02. The van der Waals surface area contributed by atoms with E-state index < -0.39 is 0 Å². The number of nitrogens with zero attached hydrogens (tertiary/aromatic N) is 3. The van der Waals surface area contributed by atoms with Crippen LogP contribution in [-0.4, -0.2) is 30.1 Å². The topological polar surface area (TPSA) is 40.1 Å². The van der Waals surface area contributed by atoms with E-state index in [0.29, 0.717) is 11.6 Å². The second-order valence-electron chi connectivity index (χ2n) is 3.79. The number of hydrogen-bond acceptors (Lipinski definition) is 4. The second kappa shape index (κ2) is 6.75. The van der Waals surface area contributed by atoms with Crippen molar-refractivity contribution in [2.45, 2.75) is 20.8 Å². The van der Waals surface area contributed by atoms with Crippen molar-refractivity contribution in [1.29, 1.82) is 0 Å². The molecule has 0 amide bonds.